The summed E-state index contributed by atoms with van der Waals surface area (Å²) in [7, 11) is 0. The van der Waals surface area contributed by atoms with E-state index in [0.717, 1.165) is 25.7 Å². The van der Waals surface area contributed by atoms with E-state index < -0.39 is 17.5 Å². The van der Waals surface area contributed by atoms with Crippen molar-refractivity contribution < 1.29 is 23.9 Å². The smallest absolute Gasteiger partial charge is 0.302 e. The van der Waals surface area contributed by atoms with Crippen LogP contribution >= 0.6 is 0 Å². The van der Waals surface area contributed by atoms with Crippen LogP contribution in [0.5, 0.6) is 0 Å². The van der Waals surface area contributed by atoms with Crippen molar-refractivity contribution in [2.24, 2.45) is 0 Å². The van der Waals surface area contributed by atoms with Crippen LogP contribution in [0, 0.1) is 0 Å². The summed E-state index contributed by atoms with van der Waals surface area (Å²) in [6, 6.07) is 8.80. The van der Waals surface area contributed by atoms with Gasteiger partial charge in [-0.15, -0.1) is 0 Å². The van der Waals surface area contributed by atoms with Crippen molar-refractivity contribution in [3.8, 4) is 0 Å². The maximum Gasteiger partial charge on any atom is 0.302 e. The molecule has 0 aliphatic rings. The van der Waals surface area contributed by atoms with Crippen molar-refractivity contribution >= 4 is 17.8 Å². The molecule has 1 N–H and O–H groups in total. The first kappa shape index (κ1) is 26.7. The number of unbranched alkanes of at least 4 members (excludes halogenated alkanes) is 4. The van der Waals surface area contributed by atoms with Crippen molar-refractivity contribution in [3.63, 3.8) is 0 Å². The summed E-state index contributed by atoms with van der Waals surface area (Å²) < 4.78 is 10.3. The lowest BCUT2D eigenvalue weighted by molar-refractivity contribution is -0.150. The minimum atomic E-state index is -0.911. The third-order valence-corrected chi connectivity index (χ3v) is 5.26. The van der Waals surface area contributed by atoms with Gasteiger partial charge in [-0.2, -0.15) is 0 Å². The molecule has 0 radical (unpaired) electrons. The lowest BCUT2D eigenvalue weighted by Gasteiger charge is -2.33. The average Bonchev–Trinajstić information content (AvgIpc) is 2.72. The van der Waals surface area contributed by atoms with Crippen molar-refractivity contribution in [2.45, 2.75) is 91.0 Å². The number of carbonyl (C=O) groups excluding carboxylic acids is 3. The van der Waals surface area contributed by atoms with Gasteiger partial charge in [-0.05, 0) is 43.2 Å². The fraction of sp³-hybridized carbons (Fsp3) is 0.640. The Morgan fingerprint density at radius 1 is 0.774 bits per heavy atom. The van der Waals surface area contributed by atoms with Crippen LogP contribution < -0.4 is 5.32 Å². The first-order valence-corrected chi connectivity index (χ1v) is 11.4. The van der Waals surface area contributed by atoms with Crippen LogP contribution in [0.1, 0.15) is 83.8 Å². The summed E-state index contributed by atoms with van der Waals surface area (Å²) in [4.78, 5) is 34.4. The molecule has 0 aromatic heterocycles. The molecule has 1 aromatic carbocycles. The van der Waals surface area contributed by atoms with E-state index >= 15 is 0 Å². The summed E-state index contributed by atoms with van der Waals surface area (Å²) in [5, 5.41) is 2.85. The molecule has 0 saturated carbocycles. The number of esters is 2. The number of hydrogen-bond donors (Lipinski definition) is 1. The van der Waals surface area contributed by atoms with Gasteiger partial charge in [0, 0.05) is 20.8 Å². The minimum absolute atomic E-state index is 0.0259. The Hall–Kier alpha value is -2.37. The molecule has 6 heteroatoms. The van der Waals surface area contributed by atoms with Crippen LogP contribution in [-0.4, -0.2) is 36.6 Å². The van der Waals surface area contributed by atoms with Crippen LogP contribution in [-0.2, 0) is 36.7 Å². The summed E-state index contributed by atoms with van der Waals surface area (Å²) in [6.45, 7) is 6.21. The number of hydrogen-bond acceptors (Lipinski definition) is 5. The van der Waals surface area contributed by atoms with E-state index in [1.807, 2.05) is 0 Å². The number of carbonyl (C=O) groups is 3. The molecule has 6 nitrogen and oxygen atoms in total. The lowest BCUT2D eigenvalue weighted by atomic mass is 9.92. The predicted molar refractivity (Wildman–Crippen MR) is 122 cm³/mol. The third kappa shape index (κ3) is 12.2. The first-order valence-electron chi connectivity index (χ1n) is 11.4. The zero-order valence-corrected chi connectivity index (χ0v) is 19.6. The molecule has 31 heavy (non-hydrogen) atoms. The van der Waals surface area contributed by atoms with E-state index in [2.05, 4.69) is 36.5 Å². The third-order valence-electron chi connectivity index (χ3n) is 5.26. The van der Waals surface area contributed by atoms with E-state index in [1.54, 1.807) is 0 Å². The van der Waals surface area contributed by atoms with Crippen LogP contribution in [0.15, 0.2) is 24.3 Å². The predicted octanol–water partition coefficient (Wildman–Crippen LogP) is 4.52. The van der Waals surface area contributed by atoms with Crippen molar-refractivity contribution in [3.05, 3.63) is 35.4 Å². The molecule has 174 valence electrons. The van der Waals surface area contributed by atoms with Gasteiger partial charge in [0.1, 0.15) is 18.8 Å². The second-order valence-corrected chi connectivity index (χ2v) is 8.36. The van der Waals surface area contributed by atoms with E-state index in [4.69, 9.17) is 9.47 Å². The minimum Gasteiger partial charge on any atom is -0.463 e. The van der Waals surface area contributed by atoms with E-state index in [9.17, 15) is 14.4 Å². The number of benzene rings is 1. The molecule has 0 aliphatic heterocycles. The molecule has 0 aliphatic carbocycles. The second-order valence-electron chi connectivity index (χ2n) is 8.36. The van der Waals surface area contributed by atoms with Gasteiger partial charge < -0.3 is 14.8 Å². The molecule has 0 spiro atoms. The van der Waals surface area contributed by atoms with Gasteiger partial charge in [-0.1, -0.05) is 56.9 Å². The van der Waals surface area contributed by atoms with Crippen molar-refractivity contribution in [2.75, 3.05) is 13.2 Å². The number of ether oxygens (including phenoxy) is 2. The Morgan fingerprint density at radius 3 is 1.68 bits per heavy atom. The molecule has 0 bridgehead atoms. The molecule has 0 unspecified atom stereocenters. The van der Waals surface area contributed by atoms with Crippen LogP contribution in [0.4, 0.5) is 0 Å². The molecule has 1 amide bonds. The Kier molecular flexibility index (Phi) is 12.6. The SMILES string of the molecule is CCCCCCc1ccc(CCCCC(COC(C)=O)(COC(C)=O)NC(C)=O)cc1. The quantitative estimate of drug-likeness (QED) is 0.325. The topological polar surface area (TPSA) is 81.7 Å². The zero-order chi connectivity index (χ0) is 23.1. The fourth-order valence-electron chi connectivity index (χ4n) is 3.59. The number of rotatable bonds is 15. The fourth-order valence-corrected chi connectivity index (χ4v) is 3.59. The van der Waals surface area contributed by atoms with Gasteiger partial charge in [0.15, 0.2) is 0 Å². The monoisotopic (exact) mass is 433 g/mol. The molecule has 0 saturated heterocycles. The first-order chi connectivity index (χ1) is 14.8. The molecule has 0 fully saturated rings. The van der Waals surface area contributed by atoms with Gasteiger partial charge in [-0.3, -0.25) is 14.4 Å². The summed E-state index contributed by atoms with van der Waals surface area (Å²) in [6.07, 6.45) is 9.38. The highest BCUT2D eigenvalue weighted by molar-refractivity contribution is 5.74. The molecular formula is C25H39NO5. The van der Waals surface area contributed by atoms with E-state index in [1.165, 1.54) is 57.6 Å². The van der Waals surface area contributed by atoms with E-state index in [0.29, 0.717) is 6.42 Å². The van der Waals surface area contributed by atoms with Gasteiger partial charge in [0.05, 0.1) is 0 Å². The summed E-state index contributed by atoms with van der Waals surface area (Å²) in [5.74, 6) is -1.13. The highest BCUT2D eigenvalue weighted by Gasteiger charge is 2.33. The van der Waals surface area contributed by atoms with Gasteiger partial charge in [0.25, 0.3) is 0 Å². The van der Waals surface area contributed by atoms with Crippen LogP contribution in [0.25, 0.3) is 0 Å². The maximum absolute atomic E-state index is 11.8. The number of aryl methyl sites for hydroxylation is 2. The Morgan fingerprint density at radius 2 is 1.26 bits per heavy atom. The highest BCUT2D eigenvalue weighted by atomic mass is 16.5. The Labute approximate surface area is 187 Å². The van der Waals surface area contributed by atoms with Crippen LogP contribution in [0.3, 0.4) is 0 Å². The normalized spacial score (nSPS) is 11.1. The van der Waals surface area contributed by atoms with E-state index in [-0.39, 0.29) is 19.1 Å². The maximum atomic E-state index is 11.8. The molecule has 0 atom stereocenters. The van der Waals surface area contributed by atoms with Crippen LogP contribution in [0.2, 0.25) is 0 Å². The summed E-state index contributed by atoms with van der Waals surface area (Å²) >= 11 is 0. The molecule has 0 heterocycles. The number of nitrogens with one attached hydrogen (secondary N) is 1. The van der Waals surface area contributed by atoms with Gasteiger partial charge in [-0.25, -0.2) is 0 Å². The Balaban J connectivity index is 2.59. The van der Waals surface area contributed by atoms with Gasteiger partial charge >= 0.3 is 11.9 Å². The molecule has 1 rings (SSSR count). The second kappa shape index (κ2) is 14.6. The lowest BCUT2D eigenvalue weighted by Crippen LogP contribution is -2.55. The molecule has 1 aromatic rings. The average molecular weight is 434 g/mol. The standard InChI is InChI=1S/C25H39NO5/c1-5-6-7-8-11-23-13-15-24(16-14-23)12-9-10-17-25(26-20(2)27,18-30-21(3)28)19-31-22(4)29/h13-16H,5-12,17-19H2,1-4H3,(H,26,27). The van der Waals surface area contributed by atoms with Gasteiger partial charge in [0.2, 0.25) is 5.91 Å². The number of amides is 1. The highest BCUT2D eigenvalue weighted by Crippen LogP contribution is 2.19. The Bertz CT molecular complexity index is 666. The largest absolute Gasteiger partial charge is 0.463 e. The molecular weight excluding hydrogens is 394 g/mol. The summed E-state index contributed by atoms with van der Waals surface area (Å²) in [5.41, 5.74) is 1.75. The zero-order valence-electron chi connectivity index (χ0n) is 19.6. The van der Waals surface area contributed by atoms with Crippen molar-refractivity contribution in [1.29, 1.82) is 0 Å². The van der Waals surface area contributed by atoms with Crippen molar-refractivity contribution in [1.82, 2.24) is 5.32 Å².